The van der Waals surface area contributed by atoms with Gasteiger partial charge in [0.05, 0.1) is 0 Å². The SMILES string of the molecule is CC=CC=CC(=O)N(C)C1CCCNC1. The van der Waals surface area contributed by atoms with E-state index in [0.717, 1.165) is 25.9 Å². The van der Waals surface area contributed by atoms with Crippen molar-refractivity contribution in [1.29, 1.82) is 0 Å². The van der Waals surface area contributed by atoms with Gasteiger partial charge in [0, 0.05) is 25.7 Å². The molecule has 3 nitrogen and oxygen atoms in total. The number of hydrogen-bond donors (Lipinski definition) is 1. The summed E-state index contributed by atoms with van der Waals surface area (Å²) in [5.74, 6) is 0.0850. The lowest BCUT2D eigenvalue weighted by molar-refractivity contribution is -0.127. The van der Waals surface area contributed by atoms with E-state index in [4.69, 9.17) is 0 Å². The molecule has 0 aromatic rings. The highest BCUT2D eigenvalue weighted by molar-refractivity contribution is 5.87. The molecule has 1 fully saturated rings. The molecule has 1 unspecified atom stereocenters. The van der Waals surface area contributed by atoms with Crippen LogP contribution in [-0.2, 0) is 4.79 Å². The quantitative estimate of drug-likeness (QED) is 0.560. The number of amides is 1. The summed E-state index contributed by atoms with van der Waals surface area (Å²) >= 11 is 0. The van der Waals surface area contributed by atoms with E-state index >= 15 is 0 Å². The minimum Gasteiger partial charge on any atom is -0.338 e. The van der Waals surface area contributed by atoms with E-state index in [-0.39, 0.29) is 5.91 Å². The Morgan fingerprint density at radius 2 is 2.27 bits per heavy atom. The maximum Gasteiger partial charge on any atom is 0.246 e. The fourth-order valence-corrected chi connectivity index (χ4v) is 1.71. The summed E-state index contributed by atoms with van der Waals surface area (Å²) in [6.45, 7) is 3.93. The number of allylic oxidation sites excluding steroid dienone is 3. The first kappa shape index (κ1) is 12.0. The lowest BCUT2D eigenvalue weighted by Crippen LogP contribution is -2.46. The zero-order valence-corrected chi connectivity index (χ0v) is 9.57. The minimum absolute atomic E-state index is 0.0850. The summed E-state index contributed by atoms with van der Waals surface area (Å²) in [4.78, 5) is 13.5. The van der Waals surface area contributed by atoms with Crippen LogP contribution < -0.4 is 5.32 Å². The molecule has 1 amide bonds. The molecule has 0 spiro atoms. The van der Waals surface area contributed by atoms with Gasteiger partial charge in [-0.2, -0.15) is 0 Å². The fourth-order valence-electron chi connectivity index (χ4n) is 1.71. The van der Waals surface area contributed by atoms with Gasteiger partial charge in [0.25, 0.3) is 0 Å². The molecule has 0 radical (unpaired) electrons. The largest absolute Gasteiger partial charge is 0.338 e. The first-order chi connectivity index (χ1) is 7.25. The van der Waals surface area contributed by atoms with Gasteiger partial charge < -0.3 is 10.2 Å². The normalized spacial score (nSPS) is 22.4. The van der Waals surface area contributed by atoms with Gasteiger partial charge in [-0.1, -0.05) is 18.2 Å². The molecular formula is C12H20N2O. The average molecular weight is 208 g/mol. The van der Waals surface area contributed by atoms with Gasteiger partial charge in [0.15, 0.2) is 0 Å². The second-order valence-corrected chi connectivity index (χ2v) is 3.83. The third-order valence-electron chi connectivity index (χ3n) is 2.71. The molecule has 3 heteroatoms. The first-order valence-electron chi connectivity index (χ1n) is 5.52. The van der Waals surface area contributed by atoms with Gasteiger partial charge in [0.2, 0.25) is 5.91 Å². The van der Waals surface area contributed by atoms with Gasteiger partial charge in [-0.25, -0.2) is 0 Å². The molecular weight excluding hydrogens is 188 g/mol. The number of piperidine rings is 1. The predicted octanol–water partition coefficient (Wildman–Crippen LogP) is 1.33. The lowest BCUT2D eigenvalue weighted by atomic mass is 10.1. The van der Waals surface area contributed by atoms with Crippen molar-refractivity contribution in [3.63, 3.8) is 0 Å². The van der Waals surface area contributed by atoms with E-state index in [1.165, 1.54) is 0 Å². The van der Waals surface area contributed by atoms with E-state index in [2.05, 4.69) is 5.32 Å². The number of carbonyl (C=O) groups excluding carboxylic acids is 1. The molecule has 0 aromatic heterocycles. The van der Waals surface area contributed by atoms with Gasteiger partial charge in [0.1, 0.15) is 0 Å². The van der Waals surface area contributed by atoms with Crippen molar-refractivity contribution in [2.75, 3.05) is 20.1 Å². The zero-order valence-electron chi connectivity index (χ0n) is 9.57. The highest BCUT2D eigenvalue weighted by atomic mass is 16.2. The lowest BCUT2D eigenvalue weighted by Gasteiger charge is -2.30. The maximum absolute atomic E-state index is 11.7. The van der Waals surface area contributed by atoms with E-state index < -0.39 is 0 Å². The van der Waals surface area contributed by atoms with Crippen LogP contribution in [-0.4, -0.2) is 37.0 Å². The van der Waals surface area contributed by atoms with Crippen molar-refractivity contribution in [1.82, 2.24) is 10.2 Å². The van der Waals surface area contributed by atoms with E-state index in [1.807, 2.05) is 31.0 Å². The van der Waals surface area contributed by atoms with Crippen LogP contribution in [0.2, 0.25) is 0 Å². The zero-order chi connectivity index (χ0) is 11.1. The number of nitrogens with zero attached hydrogens (tertiary/aromatic N) is 1. The Hall–Kier alpha value is -1.09. The molecule has 0 aliphatic carbocycles. The Kier molecular flexibility index (Phi) is 5.12. The van der Waals surface area contributed by atoms with Crippen LogP contribution in [0.15, 0.2) is 24.3 Å². The smallest absolute Gasteiger partial charge is 0.246 e. The number of carbonyl (C=O) groups is 1. The van der Waals surface area contributed by atoms with Gasteiger partial charge >= 0.3 is 0 Å². The van der Waals surface area contributed by atoms with Crippen molar-refractivity contribution in [2.45, 2.75) is 25.8 Å². The molecule has 15 heavy (non-hydrogen) atoms. The number of rotatable bonds is 3. The third kappa shape index (κ3) is 3.88. The standard InChI is InChI=1S/C12H20N2O/c1-3-4-5-8-12(15)14(2)11-7-6-9-13-10-11/h3-5,8,11,13H,6-7,9-10H2,1-2H3. The Morgan fingerprint density at radius 1 is 1.47 bits per heavy atom. The molecule has 1 saturated heterocycles. The second-order valence-electron chi connectivity index (χ2n) is 3.83. The third-order valence-corrected chi connectivity index (χ3v) is 2.71. The van der Waals surface area contributed by atoms with Gasteiger partial charge in [-0.05, 0) is 26.3 Å². The predicted molar refractivity (Wildman–Crippen MR) is 62.6 cm³/mol. The summed E-state index contributed by atoms with van der Waals surface area (Å²) in [6, 6.07) is 0.349. The van der Waals surface area contributed by atoms with Crippen molar-refractivity contribution >= 4 is 5.91 Å². The molecule has 1 atom stereocenters. The van der Waals surface area contributed by atoms with Crippen molar-refractivity contribution in [3.8, 4) is 0 Å². The molecule has 0 bridgehead atoms. The van der Waals surface area contributed by atoms with Crippen LogP contribution in [0, 0.1) is 0 Å². The molecule has 1 heterocycles. The molecule has 1 aliphatic rings. The topological polar surface area (TPSA) is 32.3 Å². The summed E-state index contributed by atoms with van der Waals surface area (Å²) in [5, 5.41) is 3.31. The molecule has 1 N–H and O–H groups in total. The minimum atomic E-state index is 0.0850. The highest BCUT2D eigenvalue weighted by Gasteiger charge is 2.19. The second kappa shape index (κ2) is 6.40. The van der Waals surface area contributed by atoms with Crippen LogP contribution in [0.4, 0.5) is 0 Å². The molecule has 1 rings (SSSR count). The molecule has 0 aromatic carbocycles. The summed E-state index contributed by atoms with van der Waals surface area (Å²) in [6.07, 6.45) is 9.44. The monoisotopic (exact) mass is 208 g/mol. The van der Waals surface area contributed by atoms with E-state index in [1.54, 1.807) is 12.2 Å². The molecule has 1 aliphatic heterocycles. The van der Waals surface area contributed by atoms with Crippen LogP contribution >= 0.6 is 0 Å². The molecule has 0 saturated carbocycles. The summed E-state index contributed by atoms with van der Waals surface area (Å²) < 4.78 is 0. The maximum atomic E-state index is 11.7. The number of hydrogen-bond acceptors (Lipinski definition) is 2. The summed E-state index contributed by atoms with van der Waals surface area (Å²) in [7, 11) is 1.88. The number of nitrogens with one attached hydrogen (secondary N) is 1. The van der Waals surface area contributed by atoms with Crippen LogP contribution in [0.5, 0.6) is 0 Å². The van der Waals surface area contributed by atoms with E-state index in [0.29, 0.717) is 6.04 Å². The Morgan fingerprint density at radius 3 is 2.87 bits per heavy atom. The van der Waals surface area contributed by atoms with Crippen LogP contribution in [0.25, 0.3) is 0 Å². The average Bonchev–Trinajstić information content (AvgIpc) is 2.29. The van der Waals surface area contributed by atoms with Crippen molar-refractivity contribution in [3.05, 3.63) is 24.3 Å². The molecule has 84 valence electrons. The van der Waals surface area contributed by atoms with Crippen molar-refractivity contribution in [2.24, 2.45) is 0 Å². The Balaban J connectivity index is 2.43. The van der Waals surface area contributed by atoms with E-state index in [9.17, 15) is 4.79 Å². The highest BCUT2D eigenvalue weighted by Crippen LogP contribution is 2.08. The number of likely N-dealkylation sites (N-methyl/N-ethyl adjacent to an activating group) is 1. The summed E-state index contributed by atoms with van der Waals surface area (Å²) in [5.41, 5.74) is 0. The van der Waals surface area contributed by atoms with Gasteiger partial charge in [-0.3, -0.25) is 4.79 Å². The van der Waals surface area contributed by atoms with Crippen LogP contribution in [0.1, 0.15) is 19.8 Å². The Labute approximate surface area is 91.8 Å². The first-order valence-corrected chi connectivity index (χ1v) is 5.52. The fraction of sp³-hybridized carbons (Fsp3) is 0.583. The van der Waals surface area contributed by atoms with Crippen molar-refractivity contribution < 1.29 is 4.79 Å². The van der Waals surface area contributed by atoms with Crippen LogP contribution in [0.3, 0.4) is 0 Å². The Bertz CT molecular complexity index is 252. The van der Waals surface area contributed by atoms with Gasteiger partial charge in [-0.15, -0.1) is 0 Å².